The maximum Gasteiger partial charge on any atom is 0.192 e. The van der Waals surface area contributed by atoms with Crippen LogP contribution in [0.2, 0.25) is 0 Å². The quantitative estimate of drug-likeness (QED) is 0.846. The van der Waals surface area contributed by atoms with Crippen LogP contribution in [0.15, 0.2) is 34.7 Å². The van der Waals surface area contributed by atoms with E-state index in [4.69, 9.17) is 0 Å². The topological polar surface area (TPSA) is 52.0 Å². The van der Waals surface area contributed by atoms with E-state index in [2.05, 4.69) is 11.6 Å². The SMILES string of the molecule is C=C(C)n1c(S(=O)CC2CCCCC2)cc(=O)c2cnc(C)cc21. The third-order valence-corrected chi connectivity index (χ3v) is 6.27. The number of aryl methyl sites for hydroxylation is 1. The Morgan fingerprint density at radius 1 is 1.33 bits per heavy atom. The zero-order chi connectivity index (χ0) is 17.3. The van der Waals surface area contributed by atoms with Crippen molar-refractivity contribution >= 4 is 27.4 Å². The van der Waals surface area contributed by atoms with Crippen molar-refractivity contribution in [1.82, 2.24) is 9.55 Å². The fourth-order valence-corrected chi connectivity index (χ4v) is 5.14. The number of aromatic nitrogens is 2. The highest BCUT2D eigenvalue weighted by Gasteiger charge is 2.21. The smallest absolute Gasteiger partial charge is 0.192 e. The molecule has 1 fully saturated rings. The maximum absolute atomic E-state index is 13.0. The van der Waals surface area contributed by atoms with Gasteiger partial charge in [-0.25, -0.2) is 0 Å². The summed E-state index contributed by atoms with van der Waals surface area (Å²) in [6.07, 6.45) is 7.59. The molecule has 3 rings (SSSR count). The van der Waals surface area contributed by atoms with E-state index in [1.165, 1.54) is 25.3 Å². The first-order chi connectivity index (χ1) is 11.5. The van der Waals surface area contributed by atoms with Crippen molar-refractivity contribution in [2.75, 3.05) is 5.75 Å². The van der Waals surface area contributed by atoms with Crippen LogP contribution in [-0.2, 0) is 10.8 Å². The second-order valence-electron chi connectivity index (χ2n) is 6.78. The van der Waals surface area contributed by atoms with Gasteiger partial charge in [-0.1, -0.05) is 25.8 Å². The molecule has 0 radical (unpaired) electrons. The molecule has 128 valence electrons. The number of rotatable bonds is 4. The molecule has 0 aliphatic heterocycles. The first-order valence-electron chi connectivity index (χ1n) is 8.54. The highest BCUT2D eigenvalue weighted by Crippen LogP contribution is 2.27. The zero-order valence-corrected chi connectivity index (χ0v) is 15.2. The van der Waals surface area contributed by atoms with E-state index < -0.39 is 10.8 Å². The molecule has 2 heterocycles. The largest absolute Gasteiger partial charge is 0.307 e. The third-order valence-electron chi connectivity index (χ3n) is 4.73. The second-order valence-corrected chi connectivity index (χ2v) is 8.22. The summed E-state index contributed by atoms with van der Waals surface area (Å²) in [6, 6.07) is 3.37. The van der Waals surface area contributed by atoms with Crippen molar-refractivity contribution in [2.45, 2.75) is 51.0 Å². The second kappa shape index (κ2) is 7.01. The monoisotopic (exact) mass is 344 g/mol. The van der Waals surface area contributed by atoms with E-state index in [1.807, 2.05) is 24.5 Å². The number of nitrogens with zero attached hydrogens (tertiary/aromatic N) is 2. The van der Waals surface area contributed by atoms with Crippen LogP contribution < -0.4 is 5.43 Å². The first kappa shape index (κ1) is 17.1. The van der Waals surface area contributed by atoms with Gasteiger partial charge in [-0.3, -0.25) is 14.0 Å². The number of fused-ring (bicyclic) bond motifs is 1. The van der Waals surface area contributed by atoms with Gasteiger partial charge in [-0.05, 0) is 38.7 Å². The Hall–Kier alpha value is -1.75. The molecule has 0 aromatic carbocycles. The molecule has 0 bridgehead atoms. The summed E-state index contributed by atoms with van der Waals surface area (Å²) in [5.74, 6) is 1.12. The zero-order valence-electron chi connectivity index (χ0n) is 14.4. The Morgan fingerprint density at radius 2 is 2.04 bits per heavy atom. The predicted octanol–water partition coefficient (Wildman–Crippen LogP) is 3.88. The molecule has 1 unspecified atom stereocenters. The van der Waals surface area contributed by atoms with Gasteiger partial charge in [-0.15, -0.1) is 0 Å². The van der Waals surface area contributed by atoms with Crippen LogP contribution in [0.1, 0.15) is 44.7 Å². The van der Waals surface area contributed by atoms with Crippen LogP contribution in [0.5, 0.6) is 0 Å². The van der Waals surface area contributed by atoms with Crippen LogP contribution in [0, 0.1) is 12.8 Å². The molecule has 4 nitrogen and oxygen atoms in total. The van der Waals surface area contributed by atoms with Gasteiger partial charge in [0.05, 0.1) is 21.7 Å². The average molecular weight is 344 g/mol. The van der Waals surface area contributed by atoms with Crippen LogP contribution in [0.4, 0.5) is 0 Å². The van der Waals surface area contributed by atoms with Gasteiger partial charge in [0.25, 0.3) is 0 Å². The molecule has 2 aromatic rings. The van der Waals surface area contributed by atoms with Gasteiger partial charge in [-0.2, -0.15) is 0 Å². The standard InChI is InChI=1S/C19H24N2O2S/c1-13(2)21-17-9-14(3)20-11-16(17)18(22)10-19(21)24(23)12-15-7-5-4-6-8-15/h9-11,15H,1,4-8,12H2,2-3H3. The van der Waals surface area contributed by atoms with Crippen molar-refractivity contribution in [3.05, 3.63) is 40.8 Å². The van der Waals surface area contributed by atoms with E-state index in [1.54, 1.807) is 6.20 Å². The van der Waals surface area contributed by atoms with Gasteiger partial charge in [0.15, 0.2) is 5.43 Å². The lowest BCUT2D eigenvalue weighted by molar-refractivity contribution is 0.388. The fraction of sp³-hybridized carbons (Fsp3) is 0.474. The number of allylic oxidation sites excluding steroid dienone is 1. The summed E-state index contributed by atoms with van der Waals surface area (Å²) in [4.78, 5) is 16.7. The van der Waals surface area contributed by atoms with Gasteiger partial charge < -0.3 is 4.57 Å². The van der Waals surface area contributed by atoms with Crippen LogP contribution >= 0.6 is 0 Å². The lowest BCUT2D eigenvalue weighted by Crippen LogP contribution is -2.20. The molecule has 1 aliphatic rings. The number of hydrogen-bond donors (Lipinski definition) is 0. The van der Waals surface area contributed by atoms with Crippen LogP contribution in [-0.4, -0.2) is 19.5 Å². The minimum atomic E-state index is -1.20. The minimum Gasteiger partial charge on any atom is -0.307 e. The maximum atomic E-state index is 13.0. The third kappa shape index (κ3) is 3.36. The van der Waals surface area contributed by atoms with Crippen LogP contribution in [0.3, 0.4) is 0 Å². The average Bonchev–Trinajstić information content (AvgIpc) is 2.54. The van der Waals surface area contributed by atoms with Crippen LogP contribution in [0.25, 0.3) is 16.6 Å². The lowest BCUT2D eigenvalue weighted by atomic mass is 9.91. The van der Waals surface area contributed by atoms with Gasteiger partial charge in [0.1, 0.15) is 5.03 Å². The summed E-state index contributed by atoms with van der Waals surface area (Å²) < 4.78 is 14.9. The van der Waals surface area contributed by atoms with E-state index in [0.717, 1.165) is 29.7 Å². The summed E-state index contributed by atoms with van der Waals surface area (Å²) in [5, 5.41) is 1.11. The Bertz CT molecular complexity index is 864. The van der Waals surface area contributed by atoms with Crippen molar-refractivity contribution in [3.63, 3.8) is 0 Å². The van der Waals surface area contributed by atoms with Crippen molar-refractivity contribution in [2.24, 2.45) is 5.92 Å². The van der Waals surface area contributed by atoms with E-state index >= 15 is 0 Å². The highest BCUT2D eigenvalue weighted by atomic mass is 32.2. The Morgan fingerprint density at radius 3 is 2.71 bits per heavy atom. The highest BCUT2D eigenvalue weighted by molar-refractivity contribution is 7.85. The van der Waals surface area contributed by atoms with Gasteiger partial charge >= 0.3 is 0 Å². The Balaban J connectivity index is 2.09. The molecule has 1 saturated carbocycles. The van der Waals surface area contributed by atoms with Crippen molar-refractivity contribution in [1.29, 1.82) is 0 Å². The van der Waals surface area contributed by atoms with Crippen molar-refractivity contribution in [3.8, 4) is 0 Å². The number of pyridine rings is 2. The summed E-state index contributed by atoms with van der Waals surface area (Å²) in [7, 11) is -1.20. The van der Waals surface area contributed by atoms with Gasteiger partial charge in [0, 0.05) is 29.4 Å². The Labute approximate surface area is 145 Å². The normalized spacial score (nSPS) is 17.1. The molecule has 0 spiro atoms. The van der Waals surface area contributed by atoms with Gasteiger partial charge in [0.2, 0.25) is 0 Å². The molecular formula is C19H24N2O2S. The van der Waals surface area contributed by atoms with E-state index in [-0.39, 0.29) is 5.43 Å². The van der Waals surface area contributed by atoms with E-state index in [9.17, 15) is 9.00 Å². The Kier molecular flexibility index (Phi) is 4.99. The summed E-state index contributed by atoms with van der Waals surface area (Å²) >= 11 is 0. The molecular weight excluding hydrogens is 320 g/mol. The molecule has 0 saturated heterocycles. The minimum absolute atomic E-state index is 0.123. The molecule has 1 atom stereocenters. The number of hydrogen-bond acceptors (Lipinski definition) is 3. The molecule has 0 N–H and O–H groups in total. The van der Waals surface area contributed by atoms with Crippen molar-refractivity contribution < 1.29 is 4.21 Å². The molecule has 0 amide bonds. The lowest BCUT2D eigenvalue weighted by Gasteiger charge is -2.22. The molecule has 2 aromatic heterocycles. The first-order valence-corrected chi connectivity index (χ1v) is 9.86. The fourth-order valence-electron chi connectivity index (χ4n) is 3.51. The molecule has 5 heteroatoms. The summed E-state index contributed by atoms with van der Waals surface area (Å²) in [6.45, 7) is 7.79. The summed E-state index contributed by atoms with van der Waals surface area (Å²) in [5.41, 5.74) is 2.21. The predicted molar refractivity (Wildman–Crippen MR) is 99.6 cm³/mol. The molecule has 24 heavy (non-hydrogen) atoms. The molecule has 1 aliphatic carbocycles. The van der Waals surface area contributed by atoms with E-state index in [0.29, 0.717) is 22.1 Å².